The monoisotopic (exact) mass is 820 g/mol. The van der Waals surface area contributed by atoms with Crippen LogP contribution in [-0.2, 0) is 37.6 Å². The number of aliphatic hydroxyl groups is 1. The summed E-state index contributed by atoms with van der Waals surface area (Å²) < 4.78 is 0. The maximum absolute atomic E-state index is 13.9. The van der Waals surface area contributed by atoms with Gasteiger partial charge in [-0.05, 0) is 83.2 Å². The van der Waals surface area contributed by atoms with Crippen molar-refractivity contribution >= 4 is 46.8 Å². The SMILES string of the molecule is CC(C)[C@@H](NC(=O)Cc1cccc(CC(=O)N[C@@H](C(=O)N2CC[C@](O)(c3ccc(Cl)cc3)C(C)(C)C2)C(C)C)c1)C(=O)N1CCC(C2C=CC(Cl)=CC2)C(C)(C)C1. The average molecular weight is 822 g/mol. The van der Waals surface area contributed by atoms with Gasteiger partial charge in [-0.2, -0.15) is 0 Å². The molecule has 4 amide bonds. The van der Waals surface area contributed by atoms with Gasteiger partial charge in [-0.25, -0.2) is 0 Å². The zero-order valence-electron chi connectivity index (χ0n) is 34.9. The Morgan fingerprint density at radius 1 is 0.807 bits per heavy atom. The molecular formula is C46H62Cl2N4O5. The Bertz CT molecular complexity index is 1850. The summed E-state index contributed by atoms with van der Waals surface area (Å²) in [7, 11) is 0. The lowest BCUT2D eigenvalue weighted by molar-refractivity contribution is -0.156. The van der Waals surface area contributed by atoms with Crippen molar-refractivity contribution in [3.8, 4) is 0 Å². The Morgan fingerprint density at radius 2 is 1.35 bits per heavy atom. The quantitative estimate of drug-likeness (QED) is 0.206. The van der Waals surface area contributed by atoms with Crippen LogP contribution in [-0.4, -0.2) is 76.8 Å². The predicted molar refractivity (Wildman–Crippen MR) is 227 cm³/mol. The van der Waals surface area contributed by atoms with E-state index in [0.29, 0.717) is 55.0 Å². The molecule has 2 saturated heterocycles. The number of hydrogen-bond donors (Lipinski definition) is 3. The summed E-state index contributed by atoms with van der Waals surface area (Å²) in [5, 5.41) is 19.2. The minimum Gasteiger partial charge on any atom is -0.384 e. The first-order valence-corrected chi connectivity index (χ1v) is 21.2. The maximum atomic E-state index is 13.9. The molecule has 0 spiro atoms. The molecule has 0 saturated carbocycles. The minimum atomic E-state index is -1.15. The number of carbonyl (C=O) groups is 4. The minimum absolute atomic E-state index is 0.0343. The Balaban J connectivity index is 1.16. The van der Waals surface area contributed by atoms with Crippen LogP contribution in [0.25, 0.3) is 0 Å². The Morgan fingerprint density at radius 3 is 1.82 bits per heavy atom. The molecule has 5 rings (SSSR count). The number of benzene rings is 2. The van der Waals surface area contributed by atoms with E-state index in [1.54, 1.807) is 17.0 Å². The van der Waals surface area contributed by atoms with Gasteiger partial charge in [-0.1, -0.05) is 127 Å². The van der Waals surface area contributed by atoms with E-state index in [2.05, 4.69) is 36.6 Å². The molecule has 1 aliphatic carbocycles. The third-order valence-electron chi connectivity index (χ3n) is 12.5. The molecule has 11 heteroatoms. The molecule has 5 atom stereocenters. The number of hydrogen-bond acceptors (Lipinski definition) is 5. The fourth-order valence-corrected chi connectivity index (χ4v) is 9.41. The summed E-state index contributed by atoms with van der Waals surface area (Å²) in [6.07, 6.45) is 8.49. The average Bonchev–Trinajstić information content (AvgIpc) is 3.13. The zero-order valence-corrected chi connectivity index (χ0v) is 36.4. The van der Waals surface area contributed by atoms with Crippen LogP contribution in [0.3, 0.4) is 0 Å². The summed E-state index contributed by atoms with van der Waals surface area (Å²) in [5.41, 5.74) is 0.295. The van der Waals surface area contributed by atoms with Crippen molar-refractivity contribution in [3.63, 3.8) is 0 Å². The first-order chi connectivity index (χ1) is 26.7. The van der Waals surface area contributed by atoms with Gasteiger partial charge in [0, 0.05) is 41.6 Å². The highest BCUT2D eigenvalue weighted by Gasteiger charge is 2.50. The third-order valence-corrected chi connectivity index (χ3v) is 13.1. The van der Waals surface area contributed by atoms with Crippen LogP contribution < -0.4 is 10.6 Å². The molecule has 0 aromatic heterocycles. The van der Waals surface area contributed by atoms with Gasteiger partial charge in [-0.15, -0.1) is 0 Å². The van der Waals surface area contributed by atoms with Crippen LogP contribution in [0.4, 0.5) is 0 Å². The first-order valence-electron chi connectivity index (χ1n) is 20.5. The third kappa shape index (κ3) is 10.5. The van der Waals surface area contributed by atoms with E-state index in [1.807, 2.05) is 88.9 Å². The number of amides is 4. The van der Waals surface area contributed by atoms with E-state index in [-0.39, 0.29) is 53.7 Å². The molecule has 0 radical (unpaired) electrons. The maximum Gasteiger partial charge on any atom is 0.245 e. The lowest BCUT2D eigenvalue weighted by atomic mass is 9.66. The number of likely N-dealkylation sites (tertiary alicyclic amines) is 2. The summed E-state index contributed by atoms with van der Waals surface area (Å²) >= 11 is 12.3. The van der Waals surface area contributed by atoms with Gasteiger partial charge in [-0.3, -0.25) is 19.2 Å². The zero-order chi connectivity index (χ0) is 41.9. The summed E-state index contributed by atoms with van der Waals surface area (Å²) in [6, 6.07) is 13.1. The molecule has 9 nitrogen and oxygen atoms in total. The molecule has 2 aliphatic heterocycles. The lowest BCUT2D eigenvalue weighted by Crippen LogP contribution is -2.60. The Kier molecular flexibility index (Phi) is 14.1. The number of carbonyl (C=O) groups excluding carboxylic acids is 4. The first kappa shape index (κ1) is 44.4. The van der Waals surface area contributed by atoms with Gasteiger partial charge in [0.2, 0.25) is 23.6 Å². The highest BCUT2D eigenvalue weighted by Crippen LogP contribution is 2.47. The number of piperidine rings is 2. The van der Waals surface area contributed by atoms with Crippen LogP contribution in [0.2, 0.25) is 5.02 Å². The van der Waals surface area contributed by atoms with Gasteiger partial charge < -0.3 is 25.5 Å². The van der Waals surface area contributed by atoms with Gasteiger partial charge in [0.25, 0.3) is 0 Å². The summed E-state index contributed by atoms with van der Waals surface area (Å²) in [5.74, 6) is -0.257. The standard InChI is InChI=1S/C46H62Cl2N4O5/c1-29(2)40(42(55)51-22-20-37(44(5,6)27-51)33-12-16-35(47)17-13-33)49-38(53)25-31-10-9-11-32(24-31)26-39(54)50-41(30(3)4)43(56)52-23-21-46(57,45(7,8)28-52)34-14-18-36(48)19-15-34/h9-12,14-19,24,29-30,33,37,40-41,57H,13,20-23,25-28H2,1-8H3,(H,49,53)(H,50,54)/t33?,37?,40-,41-,46+/m1/s1. The Labute approximate surface area is 349 Å². The number of halogens is 2. The van der Waals surface area contributed by atoms with Gasteiger partial charge in [0.15, 0.2) is 0 Å². The predicted octanol–water partition coefficient (Wildman–Crippen LogP) is 7.43. The molecule has 2 heterocycles. The van der Waals surface area contributed by atoms with Crippen molar-refractivity contribution in [2.45, 2.75) is 105 Å². The second-order valence-corrected chi connectivity index (χ2v) is 19.4. The van der Waals surface area contributed by atoms with E-state index < -0.39 is 23.1 Å². The van der Waals surface area contributed by atoms with Crippen molar-refractivity contribution in [2.75, 3.05) is 26.2 Å². The second kappa shape index (κ2) is 18.1. The summed E-state index contributed by atoms with van der Waals surface area (Å²) in [4.78, 5) is 58.4. The molecule has 2 aromatic carbocycles. The second-order valence-electron chi connectivity index (χ2n) is 18.5. The molecule has 0 bridgehead atoms. The van der Waals surface area contributed by atoms with E-state index in [4.69, 9.17) is 23.2 Å². The van der Waals surface area contributed by atoms with Crippen molar-refractivity contribution in [3.05, 3.63) is 93.5 Å². The molecule has 2 fully saturated rings. The van der Waals surface area contributed by atoms with Gasteiger partial charge in [0.05, 0.1) is 18.4 Å². The molecular weight excluding hydrogens is 759 g/mol. The number of rotatable bonds is 12. The lowest BCUT2D eigenvalue weighted by Gasteiger charge is -2.51. The van der Waals surface area contributed by atoms with Crippen LogP contribution in [0.1, 0.15) is 91.3 Å². The number of nitrogens with one attached hydrogen (secondary N) is 2. The summed E-state index contributed by atoms with van der Waals surface area (Å²) in [6.45, 7) is 18.0. The van der Waals surface area contributed by atoms with Gasteiger partial charge in [0.1, 0.15) is 12.1 Å². The molecule has 2 unspecified atom stereocenters. The smallest absolute Gasteiger partial charge is 0.245 e. The molecule has 3 N–H and O–H groups in total. The van der Waals surface area contributed by atoms with Crippen molar-refractivity contribution in [1.29, 1.82) is 0 Å². The van der Waals surface area contributed by atoms with E-state index in [0.717, 1.165) is 29.0 Å². The van der Waals surface area contributed by atoms with Crippen LogP contribution in [0.5, 0.6) is 0 Å². The van der Waals surface area contributed by atoms with Crippen LogP contribution in [0, 0.1) is 34.5 Å². The fraction of sp³-hybridized carbons (Fsp3) is 0.565. The topological polar surface area (TPSA) is 119 Å². The Hall–Kier alpha value is -3.66. The van der Waals surface area contributed by atoms with Crippen molar-refractivity contribution < 1.29 is 24.3 Å². The van der Waals surface area contributed by atoms with Crippen LogP contribution >= 0.6 is 23.2 Å². The largest absolute Gasteiger partial charge is 0.384 e. The van der Waals surface area contributed by atoms with Crippen LogP contribution in [0.15, 0.2) is 71.8 Å². The fourth-order valence-electron chi connectivity index (χ4n) is 9.13. The normalized spacial score (nSPS) is 24.1. The van der Waals surface area contributed by atoms with Crippen molar-refractivity contribution in [1.82, 2.24) is 20.4 Å². The van der Waals surface area contributed by atoms with E-state index in [9.17, 15) is 24.3 Å². The van der Waals surface area contributed by atoms with E-state index >= 15 is 0 Å². The molecule has 3 aliphatic rings. The molecule has 57 heavy (non-hydrogen) atoms. The highest BCUT2D eigenvalue weighted by atomic mass is 35.5. The molecule has 310 valence electrons. The van der Waals surface area contributed by atoms with E-state index in [1.165, 1.54) is 0 Å². The highest BCUT2D eigenvalue weighted by molar-refractivity contribution is 6.31. The van der Waals surface area contributed by atoms with Gasteiger partial charge >= 0.3 is 0 Å². The molecule has 2 aromatic rings. The number of allylic oxidation sites excluding steroid dienone is 4. The van der Waals surface area contributed by atoms with Crippen molar-refractivity contribution in [2.24, 2.45) is 34.5 Å². The number of nitrogens with zero attached hydrogens (tertiary/aromatic N) is 2.